The fourth-order valence-corrected chi connectivity index (χ4v) is 2.48. The topological polar surface area (TPSA) is 37.4 Å². The lowest BCUT2D eigenvalue weighted by Crippen LogP contribution is -2.35. The molecule has 4 nitrogen and oxygen atoms in total. The Kier molecular flexibility index (Phi) is 4.66. The number of hydrogen-bond acceptors (Lipinski definition) is 4. The number of rotatable bonds is 4. The van der Waals surface area contributed by atoms with E-state index in [2.05, 4.69) is 55.0 Å². The minimum Gasteiger partial charge on any atom is -0.380 e. The fraction of sp³-hybridized carbons (Fsp3) is 0.688. The van der Waals surface area contributed by atoms with Gasteiger partial charge in [-0.2, -0.15) is 0 Å². The number of pyridine rings is 1. The van der Waals surface area contributed by atoms with Crippen molar-refractivity contribution < 1.29 is 4.74 Å². The summed E-state index contributed by atoms with van der Waals surface area (Å²) >= 11 is 0. The highest BCUT2D eigenvalue weighted by Crippen LogP contribution is 2.21. The van der Waals surface area contributed by atoms with Crippen LogP contribution in [0.25, 0.3) is 0 Å². The number of aromatic nitrogens is 1. The first-order valence-corrected chi connectivity index (χ1v) is 7.38. The van der Waals surface area contributed by atoms with Gasteiger partial charge in [0.15, 0.2) is 0 Å². The summed E-state index contributed by atoms with van der Waals surface area (Å²) in [7, 11) is 1.79. The van der Waals surface area contributed by atoms with Crippen LogP contribution in [0.15, 0.2) is 12.1 Å². The summed E-state index contributed by atoms with van der Waals surface area (Å²) in [6, 6.07) is 4.36. The van der Waals surface area contributed by atoms with Crippen LogP contribution in [-0.2, 0) is 11.3 Å². The zero-order chi connectivity index (χ0) is 14.8. The third kappa shape index (κ3) is 4.18. The van der Waals surface area contributed by atoms with E-state index in [-0.39, 0.29) is 5.54 Å². The Morgan fingerprint density at radius 2 is 2.15 bits per heavy atom. The van der Waals surface area contributed by atoms with Crippen LogP contribution in [0.5, 0.6) is 0 Å². The molecule has 1 aromatic rings. The highest BCUT2D eigenvalue weighted by atomic mass is 16.5. The molecule has 0 amide bonds. The quantitative estimate of drug-likeness (QED) is 0.917. The van der Waals surface area contributed by atoms with E-state index >= 15 is 0 Å². The number of nitrogens with one attached hydrogen (secondary N) is 1. The summed E-state index contributed by atoms with van der Waals surface area (Å²) in [5, 5.41) is 3.53. The van der Waals surface area contributed by atoms with Gasteiger partial charge in [-0.25, -0.2) is 4.98 Å². The molecular weight excluding hydrogens is 250 g/mol. The third-order valence-corrected chi connectivity index (χ3v) is 3.62. The first-order chi connectivity index (χ1) is 9.37. The van der Waals surface area contributed by atoms with Gasteiger partial charge in [0.05, 0.1) is 6.10 Å². The smallest absolute Gasteiger partial charge is 0.129 e. The van der Waals surface area contributed by atoms with Crippen molar-refractivity contribution in [2.24, 2.45) is 0 Å². The zero-order valence-corrected chi connectivity index (χ0v) is 13.4. The van der Waals surface area contributed by atoms with E-state index in [1.807, 2.05) is 0 Å². The Hall–Kier alpha value is -1.13. The molecule has 0 aromatic carbocycles. The molecule has 4 heteroatoms. The number of aryl methyl sites for hydroxylation is 1. The van der Waals surface area contributed by atoms with Crippen molar-refractivity contribution >= 4 is 5.82 Å². The minimum absolute atomic E-state index is 0.131. The van der Waals surface area contributed by atoms with Gasteiger partial charge >= 0.3 is 0 Å². The van der Waals surface area contributed by atoms with Gasteiger partial charge in [-0.05, 0) is 51.8 Å². The van der Waals surface area contributed by atoms with Crippen molar-refractivity contribution in [1.29, 1.82) is 0 Å². The summed E-state index contributed by atoms with van der Waals surface area (Å²) in [6.45, 7) is 11.5. The van der Waals surface area contributed by atoms with Crippen LogP contribution < -0.4 is 10.2 Å². The Morgan fingerprint density at radius 3 is 2.75 bits per heavy atom. The van der Waals surface area contributed by atoms with Gasteiger partial charge in [0.1, 0.15) is 5.82 Å². The van der Waals surface area contributed by atoms with E-state index in [1.165, 1.54) is 5.56 Å². The molecule has 0 radical (unpaired) electrons. The van der Waals surface area contributed by atoms with Crippen LogP contribution in [0.4, 0.5) is 5.82 Å². The average molecular weight is 277 g/mol. The highest BCUT2D eigenvalue weighted by Gasteiger charge is 2.23. The maximum Gasteiger partial charge on any atom is 0.129 e. The third-order valence-electron chi connectivity index (χ3n) is 3.62. The Morgan fingerprint density at radius 1 is 1.40 bits per heavy atom. The van der Waals surface area contributed by atoms with Gasteiger partial charge in [0.25, 0.3) is 0 Å². The predicted molar refractivity (Wildman–Crippen MR) is 83.2 cm³/mol. The fourth-order valence-electron chi connectivity index (χ4n) is 2.48. The Bertz CT molecular complexity index is 454. The largest absolute Gasteiger partial charge is 0.380 e. The molecule has 1 fully saturated rings. The van der Waals surface area contributed by atoms with Gasteiger partial charge in [-0.15, -0.1) is 0 Å². The first kappa shape index (κ1) is 15.3. The lowest BCUT2D eigenvalue weighted by molar-refractivity contribution is 0.121. The summed E-state index contributed by atoms with van der Waals surface area (Å²) in [6.07, 6.45) is 1.43. The molecule has 1 saturated heterocycles. The standard InChI is InChI=1S/C16H27N3O/c1-12-8-13(10-17-16(2,3)4)9-15(18-12)19-7-6-14(11-19)20-5/h8-9,14,17H,6-7,10-11H2,1-5H3. The van der Waals surface area contributed by atoms with E-state index in [4.69, 9.17) is 4.74 Å². The van der Waals surface area contributed by atoms with Crippen LogP contribution in [0, 0.1) is 6.92 Å². The second-order valence-electron chi connectivity index (χ2n) is 6.67. The summed E-state index contributed by atoms with van der Waals surface area (Å²) in [4.78, 5) is 6.99. The van der Waals surface area contributed by atoms with Gasteiger partial charge in [-0.1, -0.05) is 0 Å². The molecule has 1 unspecified atom stereocenters. The van der Waals surface area contributed by atoms with Gasteiger partial charge in [0.2, 0.25) is 0 Å². The van der Waals surface area contributed by atoms with Crippen molar-refractivity contribution in [3.63, 3.8) is 0 Å². The van der Waals surface area contributed by atoms with Gasteiger partial charge in [-0.3, -0.25) is 0 Å². The van der Waals surface area contributed by atoms with Crippen molar-refractivity contribution in [1.82, 2.24) is 10.3 Å². The van der Waals surface area contributed by atoms with Crippen molar-refractivity contribution in [3.8, 4) is 0 Å². The molecule has 0 spiro atoms. The zero-order valence-electron chi connectivity index (χ0n) is 13.4. The van der Waals surface area contributed by atoms with Crippen LogP contribution in [0.3, 0.4) is 0 Å². The SMILES string of the molecule is COC1CCN(c2cc(CNC(C)(C)C)cc(C)n2)C1. The summed E-state index contributed by atoms with van der Waals surface area (Å²) in [5.74, 6) is 1.08. The Labute approximate surface area is 122 Å². The first-order valence-electron chi connectivity index (χ1n) is 7.38. The molecule has 112 valence electrons. The van der Waals surface area contributed by atoms with Crippen LogP contribution in [0.1, 0.15) is 38.4 Å². The van der Waals surface area contributed by atoms with E-state index in [1.54, 1.807) is 7.11 Å². The molecule has 0 saturated carbocycles. The second-order valence-corrected chi connectivity index (χ2v) is 6.67. The van der Waals surface area contributed by atoms with E-state index in [0.29, 0.717) is 6.10 Å². The minimum atomic E-state index is 0.131. The number of methoxy groups -OCH3 is 1. The molecule has 0 aliphatic carbocycles. The predicted octanol–water partition coefficient (Wildman–Crippen LogP) is 2.50. The number of ether oxygens (including phenoxy) is 1. The molecular formula is C16H27N3O. The van der Waals surface area contributed by atoms with Crippen molar-refractivity contribution in [2.75, 3.05) is 25.1 Å². The number of anilines is 1. The highest BCUT2D eigenvalue weighted by molar-refractivity contribution is 5.44. The summed E-state index contributed by atoms with van der Waals surface area (Å²) in [5.41, 5.74) is 2.50. The molecule has 0 bridgehead atoms. The van der Waals surface area contributed by atoms with Crippen molar-refractivity contribution in [3.05, 3.63) is 23.4 Å². The van der Waals surface area contributed by atoms with Crippen LogP contribution >= 0.6 is 0 Å². The van der Waals surface area contributed by atoms with Crippen molar-refractivity contribution in [2.45, 2.75) is 52.3 Å². The molecule has 1 N–H and O–H groups in total. The molecule has 1 aliphatic rings. The van der Waals surface area contributed by atoms with Gasteiger partial charge in [0, 0.05) is 38.0 Å². The van der Waals surface area contributed by atoms with E-state index in [9.17, 15) is 0 Å². The Balaban J connectivity index is 2.09. The number of nitrogens with zero attached hydrogens (tertiary/aromatic N) is 2. The summed E-state index contributed by atoms with van der Waals surface area (Å²) < 4.78 is 5.43. The average Bonchev–Trinajstić information content (AvgIpc) is 2.84. The van der Waals surface area contributed by atoms with E-state index in [0.717, 1.165) is 37.6 Å². The molecule has 1 aliphatic heterocycles. The normalized spacial score (nSPS) is 19.6. The number of hydrogen-bond donors (Lipinski definition) is 1. The molecule has 1 atom stereocenters. The second kappa shape index (κ2) is 6.10. The lowest BCUT2D eigenvalue weighted by Gasteiger charge is -2.22. The molecule has 2 rings (SSSR count). The van der Waals surface area contributed by atoms with Gasteiger partial charge < -0.3 is 15.0 Å². The molecule has 1 aromatic heterocycles. The molecule has 2 heterocycles. The van der Waals surface area contributed by atoms with Crippen LogP contribution in [0.2, 0.25) is 0 Å². The maximum atomic E-state index is 5.43. The molecule has 20 heavy (non-hydrogen) atoms. The lowest BCUT2D eigenvalue weighted by atomic mass is 10.1. The van der Waals surface area contributed by atoms with Crippen LogP contribution in [-0.4, -0.2) is 36.8 Å². The van der Waals surface area contributed by atoms with E-state index < -0.39 is 0 Å². The monoisotopic (exact) mass is 277 g/mol. The maximum absolute atomic E-state index is 5.43.